The molecule has 0 aromatic rings. The topological polar surface area (TPSA) is 0 Å². The third-order valence-electron chi connectivity index (χ3n) is 0.500. The van der Waals surface area contributed by atoms with Gasteiger partial charge in [0.25, 0.3) is 0 Å². The Hall–Kier alpha value is 0. The molecule has 0 spiro atoms. The summed E-state index contributed by atoms with van der Waals surface area (Å²) in [5, 5.41) is 0. The van der Waals surface area contributed by atoms with Crippen LogP contribution in [0, 0.1) is 0 Å². The minimum atomic E-state index is 1.25. The summed E-state index contributed by atoms with van der Waals surface area (Å²) in [6, 6.07) is 0. The van der Waals surface area contributed by atoms with Crippen LogP contribution in [0.15, 0.2) is 0 Å². The van der Waals surface area contributed by atoms with Crippen molar-refractivity contribution < 1.29 is 0 Å². The average Bonchev–Trinajstić information content (AvgIpc) is 2.27. The Kier molecular flexibility index (Phi) is 363. The quantitative estimate of drug-likeness (QED) is 0.457. The van der Waals surface area contributed by atoms with Crippen LogP contribution in [0.2, 0.25) is 0 Å². The molecule has 13 heavy (non-hydrogen) atoms. The van der Waals surface area contributed by atoms with Gasteiger partial charge in [0.15, 0.2) is 0 Å². The first-order chi connectivity index (χ1) is 6.33. The lowest BCUT2D eigenvalue weighted by Crippen LogP contribution is -1.47. The maximum absolute atomic E-state index is 2.18. The first-order valence-electron chi connectivity index (χ1n) is 6.33. The van der Waals surface area contributed by atoms with Crippen molar-refractivity contribution in [2.45, 2.75) is 88.5 Å². The van der Waals surface area contributed by atoms with E-state index in [-0.39, 0.29) is 0 Å². The van der Waals surface area contributed by atoms with E-state index in [1.54, 1.807) is 0 Å². The van der Waals surface area contributed by atoms with Crippen molar-refractivity contribution in [3.05, 3.63) is 0 Å². The Bertz CT molecular complexity index is 7.51. The van der Waals surface area contributed by atoms with E-state index < -0.39 is 0 Å². The summed E-state index contributed by atoms with van der Waals surface area (Å²) in [5.41, 5.74) is 0. The summed E-state index contributed by atoms with van der Waals surface area (Å²) >= 11 is 0. The third kappa shape index (κ3) is 1200. The number of unbranched alkanes of at least 4 members (excludes halogenated alkanes) is 1. The van der Waals surface area contributed by atoms with Gasteiger partial charge in [-0.05, 0) is 0 Å². The largest absolute Gasteiger partial charge is 0.0683 e. The Balaban J connectivity index is -0.0000000215. The maximum atomic E-state index is 2.18. The highest BCUT2D eigenvalue weighted by Crippen LogP contribution is 1.76. The van der Waals surface area contributed by atoms with Crippen molar-refractivity contribution in [1.29, 1.82) is 0 Å². The average molecular weight is 192 g/mol. The molecule has 0 aliphatic carbocycles. The van der Waals surface area contributed by atoms with Gasteiger partial charge in [0.2, 0.25) is 0 Å². The molecule has 0 heteroatoms. The van der Waals surface area contributed by atoms with Crippen LogP contribution < -0.4 is 0 Å². The highest BCUT2D eigenvalue weighted by atomic mass is 13.6. The van der Waals surface area contributed by atoms with E-state index in [0.717, 1.165) is 0 Å². The van der Waals surface area contributed by atoms with E-state index in [1.807, 2.05) is 41.5 Å². The molecular formula is C13H36. The van der Waals surface area contributed by atoms with Gasteiger partial charge in [0, 0.05) is 0 Å². The number of hydrogen-bond acceptors (Lipinski definition) is 0. The normalized spacial score (nSPS) is 5.08. The highest BCUT2D eigenvalue weighted by molar-refractivity contribution is 4.12. The molecule has 0 aliphatic heterocycles. The van der Waals surface area contributed by atoms with Gasteiger partial charge in [-0.15, -0.1) is 0 Å². The highest BCUT2D eigenvalue weighted by Gasteiger charge is 1.56. The van der Waals surface area contributed by atoms with E-state index in [4.69, 9.17) is 0 Å². The molecule has 0 heterocycles. The summed E-state index contributed by atoms with van der Waals surface area (Å²) in [6.45, 7) is 20.6. The van der Waals surface area contributed by atoms with Crippen LogP contribution in [0.4, 0.5) is 0 Å². The molecule has 0 bridgehead atoms. The maximum Gasteiger partial charge on any atom is -0.0564 e. The Morgan fingerprint density at radius 3 is 0.538 bits per heavy atom. The van der Waals surface area contributed by atoms with Gasteiger partial charge in [0.05, 0.1) is 0 Å². The van der Waals surface area contributed by atoms with Gasteiger partial charge in [-0.2, -0.15) is 0 Å². The van der Waals surface area contributed by atoms with E-state index in [2.05, 4.69) is 27.7 Å². The van der Waals surface area contributed by atoms with Crippen molar-refractivity contribution in [3.63, 3.8) is 0 Å². The van der Waals surface area contributed by atoms with E-state index >= 15 is 0 Å². The molecule has 0 amide bonds. The summed E-state index contributed by atoms with van der Waals surface area (Å²) in [4.78, 5) is 0. The molecule has 0 nitrogen and oxygen atoms in total. The lowest BCUT2D eigenvalue weighted by Gasteiger charge is -1.68. The lowest BCUT2D eigenvalue weighted by molar-refractivity contribution is 0.886. The Morgan fingerprint density at radius 2 is 0.538 bits per heavy atom. The molecule has 0 atom stereocenters. The molecule has 0 unspecified atom stereocenters. The fourth-order valence-electron chi connectivity index (χ4n) is 0. The fourth-order valence-corrected chi connectivity index (χ4v) is 0. The Morgan fingerprint density at radius 1 is 0.462 bits per heavy atom. The monoisotopic (exact) mass is 192 g/mol. The van der Waals surface area contributed by atoms with Crippen molar-refractivity contribution in [1.82, 2.24) is 0 Å². The van der Waals surface area contributed by atoms with Crippen LogP contribution in [0.5, 0.6) is 0 Å². The van der Waals surface area contributed by atoms with Crippen LogP contribution in [0.25, 0.3) is 0 Å². The van der Waals surface area contributed by atoms with E-state index in [1.165, 1.54) is 19.3 Å². The fraction of sp³-hybridized carbons (Fsp3) is 1.00. The van der Waals surface area contributed by atoms with E-state index in [0.29, 0.717) is 0 Å². The smallest absolute Gasteiger partial charge is 0.0564 e. The van der Waals surface area contributed by atoms with Crippen LogP contribution in [0.3, 0.4) is 0 Å². The molecule has 0 rings (SSSR count). The molecule has 0 aromatic carbocycles. The van der Waals surface area contributed by atoms with Gasteiger partial charge in [-0.25, -0.2) is 0 Å². The molecule has 0 aliphatic rings. The zero-order valence-corrected chi connectivity index (χ0v) is 12.1. The first-order valence-corrected chi connectivity index (χ1v) is 6.33. The second kappa shape index (κ2) is 161. The Labute approximate surface area is 89.1 Å². The first kappa shape index (κ1) is 29.2. The predicted octanol–water partition coefficient (Wildman–Crippen LogP) is 6.30. The van der Waals surface area contributed by atoms with E-state index in [9.17, 15) is 0 Å². The van der Waals surface area contributed by atoms with Crippen LogP contribution in [0.1, 0.15) is 88.5 Å². The second-order valence-corrected chi connectivity index (χ2v) is 1.71. The van der Waals surface area contributed by atoms with Crippen LogP contribution in [-0.4, -0.2) is 0 Å². The summed E-state index contributed by atoms with van der Waals surface area (Å²) in [7, 11) is 0. The van der Waals surface area contributed by atoms with Crippen LogP contribution in [-0.2, 0) is 0 Å². The van der Waals surface area contributed by atoms with Crippen LogP contribution >= 0.6 is 0 Å². The molecule has 88 valence electrons. The number of hydrogen-bond donors (Lipinski definition) is 0. The standard InChI is InChI=1S/C4H10.C3H8.3C2H6/c1-3-4-2;1-3-2;3*1-2/h3-4H2,1-2H3;3H2,1-2H3;3*1-2H3. The molecule has 0 saturated carbocycles. The third-order valence-corrected chi connectivity index (χ3v) is 0.500. The molecule has 0 fully saturated rings. The summed E-state index contributed by atoms with van der Waals surface area (Å²) < 4.78 is 0. The van der Waals surface area contributed by atoms with Gasteiger partial charge < -0.3 is 0 Å². The van der Waals surface area contributed by atoms with Crippen molar-refractivity contribution >= 4 is 0 Å². The zero-order valence-electron chi connectivity index (χ0n) is 12.1. The van der Waals surface area contributed by atoms with Crippen molar-refractivity contribution in [3.8, 4) is 0 Å². The van der Waals surface area contributed by atoms with Gasteiger partial charge >= 0.3 is 0 Å². The van der Waals surface area contributed by atoms with Crippen molar-refractivity contribution in [2.75, 3.05) is 0 Å². The predicted molar refractivity (Wildman–Crippen MR) is 70.6 cm³/mol. The summed E-state index contributed by atoms with van der Waals surface area (Å²) in [6.07, 6.45) is 3.89. The number of rotatable bonds is 1. The molecule has 0 saturated heterocycles. The van der Waals surface area contributed by atoms with Gasteiger partial charge in [0.1, 0.15) is 0 Å². The van der Waals surface area contributed by atoms with Gasteiger partial charge in [-0.3, -0.25) is 0 Å². The van der Waals surface area contributed by atoms with Gasteiger partial charge in [-0.1, -0.05) is 88.5 Å². The molecule has 0 aromatic heterocycles. The SMILES string of the molecule is CC.CC.CC.CCC.CCCC. The molecular weight excluding hydrogens is 156 g/mol. The zero-order chi connectivity index (χ0) is 12.1. The second-order valence-electron chi connectivity index (χ2n) is 1.71. The minimum Gasteiger partial charge on any atom is -0.0683 e. The van der Waals surface area contributed by atoms with Crippen molar-refractivity contribution in [2.24, 2.45) is 0 Å². The molecule has 0 radical (unpaired) electrons. The minimum absolute atomic E-state index is 1.25. The lowest BCUT2D eigenvalue weighted by atomic mass is 10.4. The molecule has 0 N–H and O–H groups in total. The summed E-state index contributed by atoms with van der Waals surface area (Å²) in [5.74, 6) is 0.